The van der Waals surface area contributed by atoms with E-state index in [9.17, 15) is 23.3 Å². The van der Waals surface area contributed by atoms with Gasteiger partial charge in [0.05, 0.1) is 16.4 Å². The van der Waals surface area contributed by atoms with E-state index < -0.39 is 14.9 Å². The van der Waals surface area contributed by atoms with E-state index in [0.29, 0.717) is 13.1 Å². The lowest BCUT2D eigenvalue weighted by Gasteiger charge is -2.20. The number of hydrogen-bond donors (Lipinski definition) is 1. The van der Waals surface area contributed by atoms with Gasteiger partial charge in [0.1, 0.15) is 5.69 Å². The van der Waals surface area contributed by atoms with Crippen molar-refractivity contribution in [2.75, 3.05) is 25.0 Å². The third-order valence-corrected chi connectivity index (χ3v) is 6.79. The van der Waals surface area contributed by atoms with Crippen LogP contribution >= 0.6 is 0 Å². The molecular formula is C20H23N3O5S. The Morgan fingerprint density at radius 1 is 1.03 bits per heavy atom. The van der Waals surface area contributed by atoms with Gasteiger partial charge < -0.3 is 5.32 Å². The lowest BCUT2D eigenvalue weighted by atomic mass is 10.1. The van der Waals surface area contributed by atoms with Crippen molar-refractivity contribution >= 4 is 27.2 Å². The van der Waals surface area contributed by atoms with Crippen LogP contribution in [0.3, 0.4) is 0 Å². The number of nitro benzene ring substituents is 1. The highest BCUT2D eigenvalue weighted by Crippen LogP contribution is 2.24. The van der Waals surface area contributed by atoms with Gasteiger partial charge in [0.25, 0.3) is 5.69 Å². The second-order valence-corrected chi connectivity index (χ2v) is 8.84. The summed E-state index contributed by atoms with van der Waals surface area (Å²) in [5.41, 5.74) is 0.351. The summed E-state index contributed by atoms with van der Waals surface area (Å²) in [6.45, 7) is 0.789. The fourth-order valence-electron chi connectivity index (χ4n) is 3.32. The molecule has 0 unspecified atom stereocenters. The molecule has 0 atom stereocenters. The Morgan fingerprint density at radius 3 is 2.41 bits per heavy atom. The number of para-hydroxylation sites is 2. The number of benzene rings is 2. The molecule has 1 heterocycles. The number of nitrogens with zero attached hydrogens (tertiary/aromatic N) is 2. The van der Waals surface area contributed by atoms with Crippen LogP contribution in [0.2, 0.25) is 0 Å². The molecule has 0 aliphatic carbocycles. The van der Waals surface area contributed by atoms with E-state index in [0.717, 1.165) is 25.7 Å². The number of carbonyl (C=O) groups excluding carboxylic acids is 1. The van der Waals surface area contributed by atoms with Crippen molar-refractivity contribution in [3.63, 3.8) is 0 Å². The number of rotatable bonds is 7. The Labute approximate surface area is 169 Å². The van der Waals surface area contributed by atoms with E-state index >= 15 is 0 Å². The zero-order valence-corrected chi connectivity index (χ0v) is 16.7. The molecule has 1 saturated heterocycles. The molecule has 154 valence electrons. The Kier molecular flexibility index (Phi) is 6.60. The minimum Gasteiger partial charge on any atom is -0.372 e. The zero-order chi connectivity index (χ0) is 20.9. The summed E-state index contributed by atoms with van der Waals surface area (Å²) >= 11 is 0. The molecule has 1 aliphatic heterocycles. The lowest BCUT2D eigenvalue weighted by molar-refractivity contribution is -0.383. The average molecular weight is 417 g/mol. The molecule has 0 aromatic heterocycles. The fourth-order valence-corrected chi connectivity index (χ4v) is 4.88. The summed E-state index contributed by atoms with van der Waals surface area (Å²) in [6.07, 6.45) is 3.69. The Balaban J connectivity index is 1.75. The molecule has 0 saturated carbocycles. The summed E-state index contributed by atoms with van der Waals surface area (Å²) < 4.78 is 27.4. The molecule has 8 nitrogen and oxygen atoms in total. The summed E-state index contributed by atoms with van der Waals surface area (Å²) in [6, 6.07) is 12.0. The summed E-state index contributed by atoms with van der Waals surface area (Å²) in [7, 11) is -3.66. The lowest BCUT2D eigenvalue weighted by Crippen LogP contribution is -2.32. The molecule has 2 aromatic carbocycles. The second kappa shape index (κ2) is 9.15. The molecule has 0 spiro atoms. The van der Waals surface area contributed by atoms with E-state index in [4.69, 9.17) is 0 Å². The predicted molar refractivity (Wildman–Crippen MR) is 110 cm³/mol. The number of hydrogen-bond acceptors (Lipinski definition) is 6. The molecule has 9 heteroatoms. The van der Waals surface area contributed by atoms with Crippen molar-refractivity contribution < 1.29 is 18.1 Å². The zero-order valence-electron chi connectivity index (χ0n) is 15.9. The maximum atomic E-state index is 12.9. The first-order valence-electron chi connectivity index (χ1n) is 9.50. The normalized spacial score (nSPS) is 15.4. The maximum absolute atomic E-state index is 12.9. The smallest absolute Gasteiger partial charge is 0.292 e. The first-order chi connectivity index (χ1) is 13.9. The molecule has 29 heavy (non-hydrogen) atoms. The molecule has 1 fully saturated rings. The number of ketones is 1. The molecule has 0 radical (unpaired) electrons. The first kappa shape index (κ1) is 20.9. The van der Waals surface area contributed by atoms with Crippen LogP contribution < -0.4 is 5.32 Å². The van der Waals surface area contributed by atoms with Crippen molar-refractivity contribution in [1.82, 2.24) is 4.31 Å². The van der Waals surface area contributed by atoms with E-state index in [1.54, 1.807) is 24.3 Å². The van der Waals surface area contributed by atoms with Crippen molar-refractivity contribution in [2.45, 2.75) is 30.6 Å². The van der Waals surface area contributed by atoms with Crippen molar-refractivity contribution in [3.05, 3.63) is 64.2 Å². The van der Waals surface area contributed by atoms with E-state index in [1.165, 1.54) is 28.6 Å². The topological polar surface area (TPSA) is 110 Å². The van der Waals surface area contributed by atoms with Gasteiger partial charge in [-0.3, -0.25) is 14.9 Å². The van der Waals surface area contributed by atoms with E-state index in [1.807, 2.05) is 0 Å². The van der Waals surface area contributed by atoms with Gasteiger partial charge in [-0.15, -0.1) is 0 Å². The molecule has 2 aromatic rings. The number of carbonyl (C=O) groups is 1. The third-order valence-electron chi connectivity index (χ3n) is 4.90. The van der Waals surface area contributed by atoms with Gasteiger partial charge >= 0.3 is 0 Å². The van der Waals surface area contributed by atoms with Gasteiger partial charge in [-0.05, 0) is 31.0 Å². The Morgan fingerprint density at radius 2 is 1.72 bits per heavy atom. The van der Waals surface area contributed by atoms with Crippen LogP contribution in [0.5, 0.6) is 0 Å². The van der Waals surface area contributed by atoms with Gasteiger partial charge in [0.15, 0.2) is 5.78 Å². The van der Waals surface area contributed by atoms with E-state index in [-0.39, 0.29) is 34.2 Å². The number of anilines is 1. The predicted octanol–water partition coefficient (Wildman–Crippen LogP) is 3.45. The van der Waals surface area contributed by atoms with Gasteiger partial charge in [0, 0.05) is 24.7 Å². The highest BCUT2D eigenvalue weighted by molar-refractivity contribution is 7.89. The van der Waals surface area contributed by atoms with Crippen molar-refractivity contribution in [2.24, 2.45) is 0 Å². The van der Waals surface area contributed by atoms with Gasteiger partial charge in [-0.2, -0.15) is 4.31 Å². The summed E-state index contributed by atoms with van der Waals surface area (Å²) in [5, 5.41) is 13.8. The molecular weight excluding hydrogens is 394 g/mol. The summed E-state index contributed by atoms with van der Waals surface area (Å²) in [4.78, 5) is 23.2. The average Bonchev–Trinajstić information content (AvgIpc) is 3.02. The standard InChI is InChI=1S/C20H23N3O5S/c24-20(15-21-18-10-3-4-11-19(18)23(25)26)16-8-7-9-17(14-16)29(27,28)22-12-5-1-2-6-13-22/h3-4,7-11,14,21H,1-2,5-6,12-13,15H2. The van der Waals surface area contributed by atoms with Crippen LogP contribution in [0.4, 0.5) is 11.4 Å². The molecule has 0 amide bonds. The van der Waals surface area contributed by atoms with Crippen LogP contribution in [0.25, 0.3) is 0 Å². The van der Waals surface area contributed by atoms with Crippen molar-refractivity contribution in [1.29, 1.82) is 0 Å². The fraction of sp³-hybridized carbons (Fsp3) is 0.350. The van der Waals surface area contributed by atoms with Gasteiger partial charge in [-0.25, -0.2) is 8.42 Å². The minimum atomic E-state index is -3.66. The molecule has 0 bridgehead atoms. The van der Waals surface area contributed by atoms with Crippen LogP contribution in [-0.4, -0.2) is 43.1 Å². The number of nitrogens with one attached hydrogen (secondary N) is 1. The van der Waals surface area contributed by atoms with Gasteiger partial charge in [0.2, 0.25) is 10.0 Å². The highest BCUT2D eigenvalue weighted by Gasteiger charge is 2.25. The quantitative estimate of drug-likeness (QED) is 0.420. The van der Waals surface area contributed by atoms with Crippen LogP contribution in [-0.2, 0) is 10.0 Å². The van der Waals surface area contributed by atoms with Crippen LogP contribution in [0, 0.1) is 10.1 Å². The highest BCUT2D eigenvalue weighted by atomic mass is 32.2. The van der Waals surface area contributed by atoms with E-state index in [2.05, 4.69) is 5.32 Å². The minimum absolute atomic E-state index is 0.0935. The van der Waals surface area contributed by atoms with Crippen molar-refractivity contribution in [3.8, 4) is 0 Å². The Hall–Kier alpha value is -2.78. The number of nitro groups is 1. The number of sulfonamides is 1. The number of Topliss-reactive ketones (excluding diaryl/α,β-unsaturated/α-hetero) is 1. The monoisotopic (exact) mass is 417 g/mol. The maximum Gasteiger partial charge on any atom is 0.292 e. The molecule has 3 rings (SSSR count). The molecule has 1 N–H and O–H groups in total. The molecule has 1 aliphatic rings. The largest absolute Gasteiger partial charge is 0.372 e. The van der Waals surface area contributed by atoms with Crippen LogP contribution in [0.15, 0.2) is 53.4 Å². The van der Waals surface area contributed by atoms with Crippen LogP contribution in [0.1, 0.15) is 36.0 Å². The second-order valence-electron chi connectivity index (χ2n) is 6.90. The third kappa shape index (κ3) is 4.99. The first-order valence-corrected chi connectivity index (χ1v) is 10.9. The Bertz CT molecular complexity index is 999. The SMILES string of the molecule is O=C(CNc1ccccc1[N+](=O)[O-])c1cccc(S(=O)(=O)N2CCCCCC2)c1. The summed E-state index contributed by atoms with van der Waals surface area (Å²) in [5.74, 6) is -0.351. The van der Waals surface area contributed by atoms with Gasteiger partial charge in [-0.1, -0.05) is 37.1 Å².